The van der Waals surface area contributed by atoms with Crippen molar-refractivity contribution in [2.45, 2.75) is 96.0 Å². The van der Waals surface area contributed by atoms with Crippen LogP contribution < -0.4 is 4.90 Å². The summed E-state index contributed by atoms with van der Waals surface area (Å²) >= 11 is 0. The lowest BCUT2D eigenvalue weighted by Gasteiger charge is -2.48. The van der Waals surface area contributed by atoms with Crippen molar-refractivity contribution in [1.82, 2.24) is 4.31 Å². The van der Waals surface area contributed by atoms with Crippen LogP contribution in [0.3, 0.4) is 0 Å². The van der Waals surface area contributed by atoms with E-state index in [1.807, 2.05) is 54.3 Å². The first-order chi connectivity index (χ1) is 17.5. The number of amides is 1. The van der Waals surface area contributed by atoms with Crippen LogP contribution in [0.4, 0.5) is 5.69 Å². The largest absolute Gasteiger partial charge is 0.308 e. The summed E-state index contributed by atoms with van der Waals surface area (Å²) in [5.74, 6) is 0.354. The monoisotopic (exact) mass is 522 g/mol. The van der Waals surface area contributed by atoms with Gasteiger partial charge in [0.05, 0.1) is 11.4 Å². The number of aryl methyl sites for hydroxylation is 1. The van der Waals surface area contributed by atoms with Crippen LogP contribution in [0, 0.1) is 23.7 Å². The zero-order chi connectivity index (χ0) is 26.4. The Balaban J connectivity index is 1.56. The van der Waals surface area contributed by atoms with E-state index < -0.39 is 10.0 Å². The Morgan fingerprint density at radius 1 is 0.919 bits per heavy atom. The van der Waals surface area contributed by atoms with E-state index in [4.69, 9.17) is 0 Å². The quantitative estimate of drug-likeness (QED) is 0.413. The molecule has 5 nitrogen and oxygen atoms in total. The van der Waals surface area contributed by atoms with Crippen molar-refractivity contribution in [1.29, 1.82) is 0 Å². The van der Waals surface area contributed by atoms with Gasteiger partial charge in [-0.15, -0.1) is 0 Å². The van der Waals surface area contributed by atoms with Gasteiger partial charge in [-0.2, -0.15) is 4.31 Å². The average molecular weight is 523 g/mol. The summed E-state index contributed by atoms with van der Waals surface area (Å²) in [7, 11) is -3.89. The number of para-hydroxylation sites is 1. The fraction of sp³-hybridized carbons (Fsp3) is 0.581. The van der Waals surface area contributed by atoms with Crippen molar-refractivity contribution in [2.75, 3.05) is 11.4 Å². The molecule has 0 spiro atoms. The summed E-state index contributed by atoms with van der Waals surface area (Å²) in [4.78, 5) is 16.5. The van der Waals surface area contributed by atoms with Crippen LogP contribution >= 0.6 is 0 Å². The van der Waals surface area contributed by atoms with E-state index in [1.54, 1.807) is 16.4 Å². The molecular weight excluding hydrogens is 480 g/mol. The Morgan fingerprint density at radius 3 is 2.16 bits per heavy atom. The number of hydrogen-bond donors (Lipinski definition) is 0. The van der Waals surface area contributed by atoms with Crippen LogP contribution in [0.25, 0.3) is 0 Å². The SMILES string of the molecule is Cc1ccc(S(=O)(=O)N(CC(=O)N(c2ccccc2)C2CCCCC2)C2C3(C)CCC(C3)C2(C)C)cc1. The van der Waals surface area contributed by atoms with Crippen LogP contribution in [0.1, 0.15) is 77.7 Å². The zero-order valence-electron chi connectivity index (χ0n) is 22.8. The Morgan fingerprint density at radius 2 is 1.57 bits per heavy atom. The molecule has 1 amide bonds. The van der Waals surface area contributed by atoms with Gasteiger partial charge in [0.2, 0.25) is 15.9 Å². The van der Waals surface area contributed by atoms with Crippen LogP contribution in [0.15, 0.2) is 59.5 Å². The molecule has 0 heterocycles. The van der Waals surface area contributed by atoms with Gasteiger partial charge in [-0.3, -0.25) is 4.79 Å². The van der Waals surface area contributed by atoms with Gasteiger partial charge in [-0.25, -0.2) is 8.42 Å². The summed E-state index contributed by atoms with van der Waals surface area (Å²) in [6.45, 7) is 8.50. The van der Waals surface area contributed by atoms with E-state index in [0.29, 0.717) is 5.92 Å². The predicted octanol–water partition coefficient (Wildman–Crippen LogP) is 6.57. The molecule has 0 aromatic heterocycles. The maximum atomic E-state index is 14.4. The van der Waals surface area contributed by atoms with E-state index >= 15 is 0 Å². The number of benzene rings is 2. The van der Waals surface area contributed by atoms with Gasteiger partial charge in [0.1, 0.15) is 0 Å². The molecule has 5 rings (SSSR count). The minimum Gasteiger partial charge on any atom is -0.308 e. The fourth-order valence-electron chi connectivity index (χ4n) is 7.85. The highest BCUT2D eigenvalue weighted by atomic mass is 32.2. The number of carbonyl (C=O) groups is 1. The van der Waals surface area contributed by atoms with Gasteiger partial charge >= 0.3 is 0 Å². The molecule has 6 heteroatoms. The third kappa shape index (κ3) is 4.76. The predicted molar refractivity (Wildman–Crippen MR) is 149 cm³/mol. The summed E-state index contributed by atoms with van der Waals surface area (Å²) in [6.07, 6.45) is 8.46. The number of fused-ring (bicyclic) bond motifs is 2. The van der Waals surface area contributed by atoms with Crippen molar-refractivity contribution >= 4 is 21.6 Å². The maximum Gasteiger partial charge on any atom is 0.243 e. The van der Waals surface area contributed by atoms with E-state index in [1.165, 1.54) is 6.42 Å². The standard InChI is InChI=1S/C31H42N2O3S/c1-23-15-17-27(18-16-23)37(35,36)32(29-30(2,3)24-19-20-31(29,4)21-24)22-28(34)33(25-11-7-5-8-12-25)26-13-9-6-10-14-26/h5,7-8,11-12,15-18,24,26,29H,6,9-10,13-14,19-22H2,1-4H3. The second-order valence-electron chi connectivity index (χ2n) is 12.6. The molecule has 3 atom stereocenters. The maximum absolute atomic E-state index is 14.4. The van der Waals surface area contributed by atoms with E-state index in [-0.39, 0.29) is 40.3 Å². The molecule has 3 aliphatic carbocycles. The highest BCUT2D eigenvalue weighted by molar-refractivity contribution is 7.89. The average Bonchev–Trinajstić information content (AvgIpc) is 3.36. The first kappa shape index (κ1) is 26.4. The number of anilines is 1. The summed E-state index contributed by atoms with van der Waals surface area (Å²) in [6, 6.07) is 16.8. The molecule has 37 heavy (non-hydrogen) atoms. The smallest absolute Gasteiger partial charge is 0.243 e. The van der Waals surface area contributed by atoms with E-state index in [2.05, 4.69) is 20.8 Å². The van der Waals surface area contributed by atoms with Crippen LogP contribution in [0.5, 0.6) is 0 Å². The lowest BCUT2D eigenvalue weighted by Crippen LogP contribution is -2.58. The van der Waals surface area contributed by atoms with Crippen molar-refractivity contribution < 1.29 is 13.2 Å². The Kier molecular flexibility index (Phi) is 7.03. The van der Waals surface area contributed by atoms with E-state index in [0.717, 1.165) is 56.2 Å². The van der Waals surface area contributed by atoms with Crippen molar-refractivity contribution in [3.63, 3.8) is 0 Å². The molecule has 2 bridgehead atoms. The number of sulfonamides is 1. The zero-order valence-corrected chi connectivity index (χ0v) is 23.6. The molecule has 0 aliphatic heterocycles. The van der Waals surface area contributed by atoms with Crippen LogP contribution in [-0.2, 0) is 14.8 Å². The Labute approximate surface area is 223 Å². The number of rotatable bonds is 7. The van der Waals surface area contributed by atoms with Gasteiger partial charge in [0, 0.05) is 17.8 Å². The second kappa shape index (κ2) is 9.85. The first-order valence-corrected chi connectivity index (χ1v) is 15.4. The molecule has 2 aromatic carbocycles. The summed E-state index contributed by atoms with van der Waals surface area (Å²) in [5.41, 5.74) is 1.55. The first-order valence-electron chi connectivity index (χ1n) is 14.0. The normalized spacial score (nSPS) is 27.5. The lowest BCUT2D eigenvalue weighted by atomic mass is 9.68. The molecule has 2 aromatic rings. The topological polar surface area (TPSA) is 57.7 Å². The minimum absolute atomic E-state index is 0.108. The highest BCUT2D eigenvalue weighted by Crippen LogP contribution is 2.64. The molecule has 3 aliphatic rings. The van der Waals surface area contributed by atoms with Crippen molar-refractivity contribution in [2.24, 2.45) is 16.7 Å². The Hall–Kier alpha value is -2.18. The van der Waals surface area contributed by atoms with E-state index in [9.17, 15) is 13.2 Å². The highest BCUT2D eigenvalue weighted by Gasteiger charge is 2.63. The van der Waals surface area contributed by atoms with Crippen molar-refractivity contribution in [3.8, 4) is 0 Å². The van der Waals surface area contributed by atoms with Gasteiger partial charge in [-0.05, 0) is 80.0 Å². The lowest BCUT2D eigenvalue weighted by molar-refractivity contribution is -0.120. The molecule has 0 radical (unpaired) electrons. The molecule has 3 saturated carbocycles. The van der Waals surface area contributed by atoms with Crippen LogP contribution in [0.2, 0.25) is 0 Å². The minimum atomic E-state index is -3.89. The molecule has 3 unspecified atom stereocenters. The molecular formula is C31H42N2O3S. The third-order valence-corrected chi connectivity index (χ3v) is 11.5. The summed E-state index contributed by atoms with van der Waals surface area (Å²) < 4.78 is 30.3. The molecule has 200 valence electrons. The molecule has 0 N–H and O–H groups in total. The van der Waals surface area contributed by atoms with Gasteiger partial charge < -0.3 is 4.90 Å². The Bertz CT molecular complexity index is 1210. The van der Waals surface area contributed by atoms with Gasteiger partial charge in [0.15, 0.2) is 0 Å². The number of hydrogen-bond acceptors (Lipinski definition) is 3. The van der Waals surface area contributed by atoms with Crippen LogP contribution in [-0.4, -0.2) is 37.3 Å². The number of carbonyl (C=O) groups excluding carboxylic acids is 1. The molecule has 3 fully saturated rings. The number of nitrogens with zero attached hydrogens (tertiary/aromatic N) is 2. The van der Waals surface area contributed by atoms with Gasteiger partial charge in [-0.1, -0.05) is 75.9 Å². The fourth-order valence-corrected chi connectivity index (χ4v) is 9.69. The van der Waals surface area contributed by atoms with Gasteiger partial charge in [0.25, 0.3) is 0 Å². The van der Waals surface area contributed by atoms with Crippen molar-refractivity contribution in [3.05, 3.63) is 60.2 Å². The molecule has 0 saturated heterocycles. The second-order valence-corrected chi connectivity index (χ2v) is 14.5. The summed E-state index contributed by atoms with van der Waals surface area (Å²) in [5, 5.41) is 0. The third-order valence-electron chi connectivity index (χ3n) is 9.64.